The van der Waals surface area contributed by atoms with Crippen LogP contribution in [0.15, 0.2) is 46.0 Å². The molecular formula is C18H21N3O5S2. The Balaban J connectivity index is 1.51. The number of amides is 2. The number of ether oxygens (including phenoxy) is 1. The van der Waals surface area contributed by atoms with Gasteiger partial charge in [0.05, 0.1) is 18.7 Å². The molecule has 0 bridgehead atoms. The smallest absolute Gasteiger partial charge is 0.250 e. The molecule has 0 spiro atoms. The number of thiophene rings is 1. The lowest BCUT2D eigenvalue weighted by Crippen LogP contribution is -2.38. The molecule has 150 valence electrons. The number of hydrogen-bond acceptors (Lipinski definition) is 6. The molecule has 1 atom stereocenters. The predicted molar refractivity (Wildman–Crippen MR) is 106 cm³/mol. The summed E-state index contributed by atoms with van der Waals surface area (Å²) in [6, 6.07) is 10.3. The number of nitrogens with zero attached hydrogens (tertiary/aromatic N) is 1. The zero-order chi connectivity index (χ0) is 20.1. The fourth-order valence-corrected chi connectivity index (χ4v) is 5.04. The van der Waals surface area contributed by atoms with Gasteiger partial charge in [-0.3, -0.25) is 9.59 Å². The third kappa shape index (κ3) is 4.51. The largest absolute Gasteiger partial charge is 0.495 e. The van der Waals surface area contributed by atoms with E-state index in [9.17, 15) is 18.0 Å². The summed E-state index contributed by atoms with van der Waals surface area (Å²) in [6.07, 6.45) is 0.102. The van der Waals surface area contributed by atoms with E-state index < -0.39 is 15.9 Å². The number of sulfonamides is 1. The van der Waals surface area contributed by atoms with Crippen molar-refractivity contribution in [1.82, 2.24) is 10.0 Å². The number of nitrogens with one attached hydrogen (secondary N) is 2. The molecule has 0 radical (unpaired) electrons. The number of carbonyl (C=O) groups is 2. The zero-order valence-electron chi connectivity index (χ0n) is 15.3. The highest BCUT2D eigenvalue weighted by molar-refractivity contribution is 7.91. The predicted octanol–water partition coefficient (Wildman–Crippen LogP) is 1.20. The number of carbonyl (C=O) groups excluding carboxylic acids is 2. The van der Waals surface area contributed by atoms with Crippen molar-refractivity contribution in [2.24, 2.45) is 5.92 Å². The van der Waals surface area contributed by atoms with Gasteiger partial charge in [0.25, 0.3) is 0 Å². The molecule has 2 N–H and O–H groups in total. The maximum atomic E-state index is 12.4. The Kier molecular flexibility index (Phi) is 6.32. The average Bonchev–Trinajstić information content (AvgIpc) is 3.35. The molecule has 1 aliphatic rings. The van der Waals surface area contributed by atoms with Gasteiger partial charge < -0.3 is 15.0 Å². The summed E-state index contributed by atoms with van der Waals surface area (Å²) < 4.78 is 32.0. The summed E-state index contributed by atoms with van der Waals surface area (Å²) in [5.41, 5.74) is 0.633. The molecule has 2 amide bonds. The number of rotatable bonds is 8. The van der Waals surface area contributed by atoms with Crippen LogP contribution in [-0.4, -0.2) is 47.0 Å². The van der Waals surface area contributed by atoms with Gasteiger partial charge in [-0.25, -0.2) is 13.1 Å². The highest BCUT2D eigenvalue weighted by Gasteiger charge is 2.36. The zero-order valence-corrected chi connectivity index (χ0v) is 16.9. The molecule has 10 heteroatoms. The number of methoxy groups -OCH3 is 1. The second kappa shape index (κ2) is 8.72. The third-order valence-corrected chi connectivity index (χ3v) is 7.21. The van der Waals surface area contributed by atoms with E-state index in [1.165, 1.54) is 13.2 Å². The lowest BCUT2D eigenvalue weighted by Gasteiger charge is -2.19. The lowest BCUT2D eigenvalue weighted by atomic mass is 10.1. The SMILES string of the molecule is COc1ccccc1N1CC(C(=O)NCCNS(=O)(=O)c2cccs2)CC1=O. The van der Waals surface area contributed by atoms with E-state index in [2.05, 4.69) is 10.0 Å². The van der Waals surface area contributed by atoms with Gasteiger partial charge >= 0.3 is 0 Å². The van der Waals surface area contributed by atoms with Crippen LogP contribution in [0, 0.1) is 5.92 Å². The molecule has 1 saturated heterocycles. The van der Waals surface area contributed by atoms with E-state index in [1.807, 2.05) is 6.07 Å². The first kappa shape index (κ1) is 20.3. The first-order valence-electron chi connectivity index (χ1n) is 8.66. The Morgan fingerprint density at radius 3 is 2.75 bits per heavy atom. The summed E-state index contributed by atoms with van der Waals surface area (Å²) in [4.78, 5) is 26.3. The first-order valence-corrected chi connectivity index (χ1v) is 11.0. The van der Waals surface area contributed by atoms with Gasteiger partial charge in [-0.2, -0.15) is 0 Å². The second-order valence-corrected chi connectivity index (χ2v) is 9.14. The molecule has 0 aliphatic carbocycles. The van der Waals surface area contributed by atoms with Crippen LogP contribution >= 0.6 is 11.3 Å². The number of para-hydroxylation sites is 2. The topological polar surface area (TPSA) is 105 Å². The Morgan fingerprint density at radius 2 is 2.04 bits per heavy atom. The van der Waals surface area contributed by atoms with Crippen LogP contribution in [0.4, 0.5) is 5.69 Å². The van der Waals surface area contributed by atoms with E-state index in [-0.39, 0.29) is 42.1 Å². The van der Waals surface area contributed by atoms with Crippen molar-refractivity contribution in [1.29, 1.82) is 0 Å². The van der Waals surface area contributed by atoms with Gasteiger partial charge in [0, 0.05) is 26.1 Å². The average molecular weight is 424 g/mol. The third-order valence-electron chi connectivity index (χ3n) is 4.35. The van der Waals surface area contributed by atoms with E-state index in [1.54, 1.807) is 34.5 Å². The molecule has 1 unspecified atom stereocenters. The molecule has 1 aromatic heterocycles. The molecule has 8 nitrogen and oxygen atoms in total. The highest BCUT2D eigenvalue weighted by atomic mass is 32.2. The van der Waals surface area contributed by atoms with Crippen LogP contribution in [0.1, 0.15) is 6.42 Å². The molecule has 2 aromatic rings. The van der Waals surface area contributed by atoms with E-state index in [0.29, 0.717) is 11.4 Å². The Labute approximate surface area is 167 Å². The van der Waals surface area contributed by atoms with Crippen molar-refractivity contribution in [3.05, 3.63) is 41.8 Å². The minimum atomic E-state index is -3.55. The second-order valence-electron chi connectivity index (χ2n) is 6.20. The highest BCUT2D eigenvalue weighted by Crippen LogP contribution is 2.32. The Bertz CT molecular complexity index is 944. The monoisotopic (exact) mass is 423 g/mol. The van der Waals surface area contributed by atoms with Crippen LogP contribution in [-0.2, 0) is 19.6 Å². The molecule has 3 rings (SSSR count). The van der Waals surface area contributed by atoms with E-state index >= 15 is 0 Å². The van der Waals surface area contributed by atoms with E-state index in [4.69, 9.17) is 4.74 Å². The molecular weight excluding hydrogens is 402 g/mol. The minimum absolute atomic E-state index is 0.0723. The fourth-order valence-electron chi connectivity index (χ4n) is 2.97. The van der Waals surface area contributed by atoms with Crippen molar-refractivity contribution in [2.45, 2.75) is 10.6 Å². The van der Waals surface area contributed by atoms with Gasteiger partial charge in [-0.05, 0) is 23.6 Å². The van der Waals surface area contributed by atoms with Crippen molar-refractivity contribution in [2.75, 3.05) is 31.6 Å². The maximum absolute atomic E-state index is 12.4. The minimum Gasteiger partial charge on any atom is -0.495 e. The van der Waals surface area contributed by atoms with Crippen LogP contribution < -0.4 is 19.7 Å². The summed E-state index contributed by atoms with van der Waals surface area (Å²) in [6.45, 7) is 0.470. The van der Waals surface area contributed by atoms with Gasteiger partial charge in [-0.1, -0.05) is 18.2 Å². The van der Waals surface area contributed by atoms with Crippen LogP contribution in [0.3, 0.4) is 0 Å². The molecule has 1 aromatic carbocycles. The standard InChI is InChI=1S/C18H21N3O5S2/c1-26-15-6-3-2-5-14(15)21-12-13(11-16(21)22)18(23)19-8-9-20-28(24,25)17-7-4-10-27-17/h2-7,10,13,20H,8-9,11-12H2,1H3,(H,19,23). The first-order chi connectivity index (χ1) is 13.4. The number of anilines is 1. The number of hydrogen-bond donors (Lipinski definition) is 2. The number of benzene rings is 1. The lowest BCUT2D eigenvalue weighted by molar-refractivity contribution is -0.126. The molecule has 2 heterocycles. The van der Waals surface area contributed by atoms with Gasteiger partial charge in [0.1, 0.15) is 9.96 Å². The summed E-state index contributed by atoms with van der Waals surface area (Å²) in [5.74, 6) is -0.352. The van der Waals surface area contributed by atoms with Crippen LogP contribution in [0.2, 0.25) is 0 Å². The molecule has 0 saturated carbocycles. The van der Waals surface area contributed by atoms with Gasteiger partial charge in [0.2, 0.25) is 21.8 Å². The maximum Gasteiger partial charge on any atom is 0.250 e. The molecule has 28 heavy (non-hydrogen) atoms. The van der Waals surface area contributed by atoms with E-state index in [0.717, 1.165) is 11.3 Å². The summed E-state index contributed by atoms with van der Waals surface area (Å²) >= 11 is 1.12. The quantitative estimate of drug-likeness (QED) is 0.621. The normalized spacial score (nSPS) is 17.0. The molecule has 1 fully saturated rings. The Morgan fingerprint density at radius 1 is 1.25 bits per heavy atom. The summed E-state index contributed by atoms with van der Waals surface area (Å²) in [7, 11) is -2.03. The van der Waals surface area contributed by atoms with Crippen LogP contribution in [0.5, 0.6) is 5.75 Å². The van der Waals surface area contributed by atoms with Crippen molar-refractivity contribution >= 4 is 38.9 Å². The van der Waals surface area contributed by atoms with Crippen molar-refractivity contribution in [3.63, 3.8) is 0 Å². The summed E-state index contributed by atoms with van der Waals surface area (Å²) in [5, 5.41) is 4.37. The van der Waals surface area contributed by atoms with Crippen molar-refractivity contribution < 1.29 is 22.7 Å². The molecule has 1 aliphatic heterocycles. The Hall–Kier alpha value is -2.43. The van der Waals surface area contributed by atoms with Crippen molar-refractivity contribution in [3.8, 4) is 5.75 Å². The van der Waals surface area contributed by atoms with Gasteiger partial charge in [0.15, 0.2) is 0 Å². The van der Waals surface area contributed by atoms with Crippen LogP contribution in [0.25, 0.3) is 0 Å². The van der Waals surface area contributed by atoms with Gasteiger partial charge in [-0.15, -0.1) is 11.3 Å². The fraction of sp³-hybridized carbons (Fsp3) is 0.333.